The largest absolute Gasteiger partial charge is 0.316 e. The predicted molar refractivity (Wildman–Crippen MR) is 58.8 cm³/mol. The summed E-state index contributed by atoms with van der Waals surface area (Å²) >= 11 is 0. The molecule has 74 valence electrons. The van der Waals surface area contributed by atoms with Crippen molar-refractivity contribution >= 4 is 0 Å². The van der Waals surface area contributed by atoms with E-state index in [2.05, 4.69) is 23.7 Å². The predicted octanol–water partition coefficient (Wildman–Crippen LogP) is 1.73. The Hall–Kier alpha value is -1.33. The quantitative estimate of drug-likeness (QED) is 0.682. The molecule has 2 heteroatoms. The third-order valence-electron chi connectivity index (χ3n) is 1.73. The maximum atomic E-state index is 5.76. The van der Waals surface area contributed by atoms with Gasteiger partial charge in [0.1, 0.15) is 0 Å². The average molecular weight is 188 g/mol. The van der Waals surface area contributed by atoms with Crippen molar-refractivity contribution in [3.63, 3.8) is 0 Å². The summed E-state index contributed by atoms with van der Waals surface area (Å²) < 4.78 is 0. The number of hydrogen-bond donors (Lipinski definition) is 1. The van der Waals surface area contributed by atoms with Crippen LogP contribution in [-0.4, -0.2) is 10.5 Å². The molecule has 0 aliphatic heterocycles. The van der Waals surface area contributed by atoms with Gasteiger partial charge in [0, 0.05) is 18.0 Å². The van der Waals surface area contributed by atoms with Gasteiger partial charge in [0.05, 0.1) is 5.54 Å². The Morgan fingerprint density at radius 1 is 1.43 bits per heavy atom. The average Bonchev–Trinajstić information content (AvgIpc) is 2.14. The molecule has 0 spiro atoms. The molecule has 0 radical (unpaired) electrons. The summed E-state index contributed by atoms with van der Waals surface area (Å²) in [6.07, 6.45) is 4.60. The summed E-state index contributed by atoms with van der Waals surface area (Å²) in [5.41, 5.74) is 7.45. The molecule has 1 aromatic rings. The standard InChI is InChI=1S/C12H16N2/c1-4-10-7-11(9-14-8-10)5-6-12(2,3)13/h7-9H,4,13H2,1-3H3. The minimum Gasteiger partial charge on any atom is -0.316 e. The fourth-order valence-corrected chi connectivity index (χ4v) is 0.983. The SMILES string of the molecule is CCc1cncc(C#CC(C)(C)N)c1. The molecule has 0 aromatic carbocycles. The summed E-state index contributed by atoms with van der Waals surface area (Å²) in [6.45, 7) is 5.87. The molecule has 0 aliphatic carbocycles. The Labute approximate surface area is 85.5 Å². The molecule has 2 nitrogen and oxygen atoms in total. The van der Waals surface area contributed by atoms with E-state index in [4.69, 9.17) is 5.73 Å². The van der Waals surface area contributed by atoms with Gasteiger partial charge in [0.15, 0.2) is 0 Å². The van der Waals surface area contributed by atoms with Crippen LogP contribution in [-0.2, 0) is 6.42 Å². The Morgan fingerprint density at radius 3 is 2.71 bits per heavy atom. The van der Waals surface area contributed by atoms with Gasteiger partial charge >= 0.3 is 0 Å². The zero-order valence-electron chi connectivity index (χ0n) is 8.96. The third-order valence-corrected chi connectivity index (χ3v) is 1.73. The van der Waals surface area contributed by atoms with E-state index in [1.165, 1.54) is 5.56 Å². The topological polar surface area (TPSA) is 38.9 Å². The summed E-state index contributed by atoms with van der Waals surface area (Å²) in [5, 5.41) is 0. The van der Waals surface area contributed by atoms with E-state index in [0.29, 0.717) is 0 Å². The van der Waals surface area contributed by atoms with Crippen molar-refractivity contribution in [3.05, 3.63) is 29.6 Å². The van der Waals surface area contributed by atoms with Crippen molar-refractivity contribution in [3.8, 4) is 11.8 Å². The second-order valence-electron chi connectivity index (χ2n) is 3.91. The van der Waals surface area contributed by atoms with Crippen molar-refractivity contribution in [2.24, 2.45) is 5.73 Å². The third kappa shape index (κ3) is 3.59. The molecule has 2 N–H and O–H groups in total. The van der Waals surface area contributed by atoms with E-state index < -0.39 is 5.54 Å². The van der Waals surface area contributed by atoms with Gasteiger partial charge in [-0.15, -0.1) is 0 Å². The van der Waals surface area contributed by atoms with Gasteiger partial charge in [0.2, 0.25) is 0 Å². The first-order valence-corrected chi connectivity index (χ1v) is 4.77. The zero-order valence-corrected chi connectivity index (χ0v) is 8.96. The molecule has 1 heterocycles. The van der Waals surface area contributed by atoms with E-state index in [-0.39, 0.29) is 0 Å². The van der Waals surface area contributed by atoms with Crippen molar-refractivity contribution < 1.29 is 0 Å². The van der Waals surface area contributed by atoms with Crippen molar-refractivity contribution in [1.82, 2.24) is 4.98 Å². The Morgan fingerprint density at radius 2 is 2.14 bits per heavy atom. The van der Waals surface area contributed by atoms with Crippen LogP contribution in [0.4, 0.5) is 0 Å². The maximum absolute atomic E-state index is 5.76. The highest BCUT2D eigenvalue weighted by atomic mass is 14.7. The molecular formula is C12H16N2. The smallest absolute Gasteiger partial charge is 0.0722 e. The van der Waals surface area contributed by atoms with Gasteiger partial charge in [-0.2, -0.15) is 0 Å². The van der Waals surface area contributed by atoms with E-state index in [1.54, 1.807) is 6.20 Å². The molecule has 0 saturated carbocycles. The number of rotatable bonds is 1. The van der Waals surface area contributed by atoms with E-state index in [1.807, 2.05) is 26.1 Å². The summed E-state index contributed by atoms with van der Waals surface area (Å²) in [4.78, 5) is 4.11. The number of hydrogen-bond acceptors (Lipinski definition) is 2. The van der Waals surface area contributed by atoms with E-state index in [0.717, 1.165) is 12.0 Å². The highest BCUT2D eigenvalue weighted by molar-refractivity contribution is 5.36. The van der Waals surface area contributed by atoms with Gasteiger partial charge in [-0.3, -0.25) is 4.98 Å². The molecule has 0 saturated heterocycles. The highest BCUT2D eigenvalue weighted by Crippen LogP contribution is 2.02. The Balaban J connectivity index is 2.90. The van der Waals surface area contributed by atoms with Crippen LogP contribution in [0.2, 0.25) is 0 Å². The van der Waals surface area contributed by atoms with Crippen LogP contribution in [0.25, 0.3) is 0 Å². The lowest BCUT2D eigenvalue weighted by molar-refractivity contribution is 0.680. The maximum Gasteiger partial charge on any atom is 0.0722 e. The number of nitrogens with zero attached hydrogens (tertiary/aromatic N) is 1. The van der Waals surface area contributed by atoms with Crippen LogP contribution in [0.5, 0.6) is 0 Å². The van der Waals surface area contributed by atoms with Crippen LogP contribution in [0.1, 0.15) is 31.9 Å². The fraction of sp³-hybridized carbons (Fsp3) is 0.417. The summed E-state index contributed by atoms with van der Waals surface area (Å²) in [7, 11) is 0. The van der Waals surface area contributed by atoms with E-state index >= 15 is 0 Å². The Kier molecular flexibility index (Phi) is 3.27. The molecule has 0 atom stereocenters. The molecule has 0 fully saturated rings. The minimum atomic E-state index is -0.442. The minimum absolute atomic E-state index is 0.442. The first kappa shape index (κ1) is 10.7. The lowest BCUT2D eigenvalue weighted by Gasteiger charge is -2.07. The van der Waals surface area contributed by atoms with Gasteiger partial charge in [-0.25, -0.2) is 0 Å². The molecule has 0 amide bonds. The monoisotopic (exact) mass is 188 g/mol. The first-order valence-electron chi connectivity index (χ1n) is 4.77. The highest BCUT2D eigenvalue weighted by Gasteiger charge is 2.03. The summed E-state index contributed by atoms with van der Waals surface area (Å²) in [5.74, 6) is 6.00. The van der Waals surface area contributed by atoms with Crippen LogP contribution in [0, 0.1) is 11.8 Å². The van der Waals surface area contributed by atoms with Crippen molar-refractivity contribution in [2.75, 3.05) is 0 Å². The summed E-state index contributed by atoms with van der Waals surface area (Å²) in [6, 6.07) is 2.05. The van der Waals surface area contributed by atoms with Crippen molar-refractivity contribution in [1.29, 1.82) is 0 Å². The van der Waals surface area contributed by atoms with Crippen LogP contribution in [0.3, 0.4) is 0 Å². The van der Waals surface area contributed by atoms with Crippen molar-refractivity contribution in [2.45, 2.75) is 32.7 Å². The Bertz CT molecular complexity index is 364. The van der Waals surface area contributed by atoms with Gasteiger partial charge in [-0.1, -0.05) is 18.8 Å². The van der Waals surface area contributed by atoms with Gasteiger partial charge in [-0.05, 0) is 31.9 Å². The molecular weight excluding hydrogens is 172 g/mol. The number of nitrogens with two attached hydrogens (primary N) is 1. The normalized spacial score (nSPS) is 10.6. The fourth-order valence-electron chi connectivity index (χ4n) is 0.983. The molecule has 1 aromatic heterocycles. The first-order chi connectivity index (χ1) is 6.51. The number of aromatic nitrogens is 1. The lowest BCUT2D eigenvalue weighted by Crippen LogP contribution is -2.29. The van der Waals surface area contributed by atoms with Gasteiger partial charge < -0.3 is 5.73 Å². The van der Waals surface area contributed by atoms with E-state index in [9.17, 15) is 0 Å². The molecule has 0 aliphatic rings. The molecule has 1 rings (SSSR count). The molecule has 14 heavy (non-hydrogen) atoms. The van der Waals surface area contributed by atoms with Crippen LogP contribution in [0.15, 0.2) is 18.5 Å². The van der Waals surface area contributed by atoms with Crippen LogP contribution < -0.4 is 5.73 Å². The number of pyridine rings is 1. The number of aryl methyl sites for hydroxylation is 1. The zero-order chi connectivity index (χ0) is 10.6. The second kappa shape index (κ2) is 4.26. The molecule has 0 unspecified atom stereocenters. The molecule has 0 bridgehead atoms. The second-order valence-corrected chi connectivity index (χ2v) is 3.91. The van der Waals surface area contributed by atoms with Gasteiger partial charge in [0.25, 0.3) is 0 Å². The van der Waals surface area contributed by atoms with Crippen LogP contribution >= 0.6 is 0 Å². The lowest BCUT2D eigenvalue weighted by atomic mass is 10.1.